The van der Waals surface area contributed by atoms with E-state index in [4.69, 9.17) is 4.52 Å². The lowest BCUT2D eigenvalue weighted by atomic mass is 10.2. The zero-order chi connectivity index (χ0) is 19.2. The quantitative estimate of drug-likeness (QED) is 0.637. The number of carbonyl (C=O) groups excluding carboxylic acids is 1. The van der Waals surface area contributed by atoms with Gasteiger partial charge in [-0.2, -0.15) is 16.7 Å². The highest BCUT2D eigenvalue weighted by atomic mass is 32.2. The monoisotopic (exact) mass is 414 g/mol. The van der Waals surface area contributed by atoms with E-state index < -0.39 is 0 Å². The molecule has 8 heteroatoms. The van der Waals surface area contributed by atoms with Crippen LogP contribution in [-0.2, 0) is 17.8 Å². The molecule has 0 aliphatic carbocycles. The molecule has 1 aromatic carbocycles. The van der Waals surface area contributed by atoms with E-state index in [1.807, 2.05) is 29.3 Å². The van der Waals surface area contributed by atoms with Gasteiger partial charge < -0.3 is 14.7 Å². The molecule has 3 heterocycles. The predicted octanol–water partition coefficient (Wildman–Crippen LogP) is 3.60. The Morgan fingerprint density at radius 2 is 2.00 bits per heavy atom. The van der Waals surface area contributed by atoms with Crippen molar-refractivity contribution in [3.05, 3.63) is 53.2 Å². The SMILES string of the molecule is O=C(CCc1nc(-c2cccs2)no1)NCc1ccc(N2CCSCC2)cc1. The molecule has 3 aromatic rings. The summed E-state index contributed by atoms with van der Waals surface area (Å²) in [5.41, 5.74) is 2.36. The molecule has 6 nitrogen and oxygen atoms in total. The Morgan fingerprint density at radius 3 is 2.75 bits per heavy atom. The Kier molecular flexibility index (Phi) is 6.28. The number of hydrogen-bond donors (Lipinski definition) is 1. The van der Waals surface area contributed by atoms with Gasteiger partial charge in [-0.15, -0.1) is 11.3 Å². The lowest BCUT2D eigenvalue weighted by molar-refractivity contribution is -0.121. The number of thioether (sulfide) groups is 1. The van der Waals surface area contributed by atoms with Gasteiger partial charge >= 0.3 is 0 Å². The Bertz CT molecular complexity index is 887. The summed E-state index contributed by atoms with van der Waals surface area (Å²) in [6, 6.07) is 12.3. The molecule has 146 valence electrons. The molecular weight excluding hydrogens is 392 g/mol. The number of carbonyl (C=O) groups is 1. The van der Waals surface area contributed by atoms with Crippen LogP contribution in [0.1, 0.15) is 17.9 Å². The fraction of sp³-hybridized carbons (Fsp3) is 0.350. The highest BCUT2D eigenvalue weighted by molar-refractivity contribution is 7.99. The summed E-state index contributed by atoms with van der Waals surface area (Å²) in [5.74, 6) is 3.42. The van der Waals surface area contributed by atoms with Crippen molar-refractivity contribution in [3.63, 3.8) is 0 Å². The normalized spacial score (nSPS) is 14.2. The number of nitrogens with zero attached hydrogens (tertiary/aromatic N) is 3. The number of thiophene rings is 1. The zero-order valence-corrected chi connectivity index (χ0v) is 17.1. The van der Waals surface area contributed by atoms with Gasteiger partial charge in [0.1, 0.15) is 0 Å². The molecule has 1 amide bonds. The molecule has 0 spiro atoms. The third-order valence-electron chi connectivity index (χ3n) is 4.58. The summed E-state index contributed by atoms with van der Waals surface area (Å²) >= 11 is 3.57. The molecule has 4 rings (SSSR count). The maximum atomic E-state index is 12.1. The van der Waals surface area contributed by atoms with Crippen molar-refractivity contribution in [2.45, 2.75) is 19.4 Å². The van der Waals surface area contributed by atoms with Gasteiger partial charge in [-0.3, -0.25) is 4.79 Å². The fourth-order valence-corrected chi connectivity index (χ4v) is 4.57. The molecular formula is C20H22N4O2S2. The first-order valence-electron chi connectivity index (χ1n) is 9.33. The molecule has 2 aromatic heterocycles. The van der Waals surface area contributed by atoms with E-state index in [-0.39, 0.29) is 5.91 Å². The van der Waals surface area contributed by atoms with Crippen molar-refractivity contribution >= 4 is 34.7 Å². The van der Waals surface area contributed by atoms with Crippen LogP contribution in [0.3, 0.4) is 0 Å². The molecule has 1 aliphatic rings. The minimum Gasteiger partial charge on any atom is -0.370 e. The number of anilines is 1. The van der Waals surface area contributed by atoms with Crippen molar-refractivity contribution in [2.24, 2.45) is 0 Å². The van der Waals surface area contributed by atoms with Gasteiger partial charge in [0, 0.05) is 49.7 Å². The Hall–Kier alpha value is -2.32. The highest BCUT2D eigenvalue weighted by Gasteiger charge is 2.12. The highest BCUT2D eigenvalue weighted by Crippen LogP contribution is 2.22. The summed E-state index contributed by atoms with van der Waals surface area (Å²) < 4.78 is 5.23. The molecule has 0 atom stereocenters. The third kappa shape index (κ3) is 4.94. The standard InChI is InChI=1S/C20H22N4O2S2/c25-18(7-8-19-22-20(23-26-19)17-2-1-11-28-17)21-14-15-3-5-16(6-4-15)24-9-12-27-13-10-24/h1-6,11H,7-10,12-14H2,(H,21,25). The maximum absolute atomic E-state index is 12.1. The van der Waals surface area contributed by atoms with Crippen LogP contribution in [0.2, 0.25) is 0 Å². The minimum atomic E-state index is -0.0204. The Morgan fingerprint density at radius 1 is 1.18 bits per heavy atom. The van der Waals surface area contributed by atoms with Crippen molar-refractivity contribution in [1.29, 1.82) is 0 Å². The second-order valence-corrected chi connectivity index (χ2v) is 8.70. The fourth-order valence-electron chi connectivity index (χ4n) is 3.02. The topological polar surface area (TPSA) is 71.3 Å². The molecule has 0 bridgehead atoms. The lowest BCUT2D eigenvalue weighted by Crippen LogP contribution is -2.32. The molecule has 0 saturated carbocycles. The van der Waals surface area contributed by atoms with Crippen molar-refractivity contribution in [3.8, 4) is 10.7 Å². The van der Waals surface area contributed by atoms with E-state index in [0.717, 1.165) is 23.5 Å². The van der Waals surface area contributed by atoms with Crippen LogP contribution in [0.5, 0.6) is 0 Å². The average Bonchev–Trinajstić information content (AvgIpc) is 3.43. The number of rotatable bonds is 7. The van der Waals surface area contributed by atoms with E-state index in [0.29, 0.717) is 31.1 Å². The zero-order valence-electron chi connectivity index (χ0n) is 15.5. The van der Waals surface area contributed by atoms with Gasteiger partial charge in [0.2, 0.25) is 17.6 Å². The van der Waals surface area contributed by atoms with E-state index in [1.165, 1.54) is 17.2 Å². The first-order valence-corrected chi connectivity index (χ1v) is 11.4. The van der Waals surface area contributed by atoms with Crippen LogP contribution in [0.4, 0.5) is 5.69 Å². The molecule has 28 heavy (non-hydrogen) atoms. The molecule has 1 aliphatic heterocycles. The Balaban J connectivity index is 1.22. The van der Waals surface area contributed by atoms with Crippen LogP contribution in [0, 0.1) is 0 Å². The van der Waals surface area contributed by atoms with Crippen molar-refractivity contribution in [1.82, 2.24) is 15.5 Å². The molecule has 0 radical (unpaired) electrons. The number of nitrogens with one attached hydrogen (secondary N) is 1. The van der Waals surface area contributed by atoms with Crippen LogP contribution in [-0.4, -0.2) is 40.6 Å². The maximum Gasteiger partial charge on any atom is 0.227 e. The van der Waals surface area contributed by atoms with Gasteiger partial charge in [-0.05, 0) is 29.1 Å². The van der Waals surface area contributed by atoms with E-state index in [9.17, 15) is 4.79 Å². The van der Waals surface area contributed by atoms with Crippen LogP contribution < -0.4 is 10.2 Å². The number of amides is 1. The first-order chi connectivity index (χ1) is 13.8. The predicted molar refractivity (Wildman–Crippen MR) is 114 cm³/mol. The van der Waals surface area contributed by atoms with Gasteiger partial charge in [0.25, 0.3) is 0 Å². The van der Waals surface area contributed by atoms with Gasteiger partial charge in [-0.1, -0.05) is 23.4 Å². The van der Waals surface area contributed by atoms with Crippen LogP contribution in [0.15, 0.2) is 46.3 Å². The summed E-state index contributed by atoms with van der Waals surface area (Å²) in [5, 5.41) is 8.89. The second kappa shape index (κ2) is 9.25. The number of aromatic nitrogens is 2. The van der Waals surface area contributed by atoms with Crippen molar-refractivity contribution < 1.29 is 9.32 Å². The summed E-state index contributed by atoms with van der Waals surface area (Å²) in [6.07, 6.45) is 0.770. The van der Waals surface area contributed by atoms with Gasteiger partial charge in [0.05, 0.1) is 4.88 Å². The van der Waals surface area contributed by atoms with Gasteiger partial charge in [0.15, 0.2) is 0 Å². The second-order valence-electron chi connectivity index (χ2n) is 6.53. The average molecular weight is 415 g/mol. The molecule has 0 unspecified atom stereocenters. The summed E-state index contributed by atoms with van der Waals surface area (Å²) in [4.78, 5) is 19.8. The number of aryl methyl sites for hydroxylation is 1. The molecule has 1 N–H and O–H groups in total. The smallest absolute Gasteiger partial charge is 0.227 e. The van der Waals surface area contributed by atoms with E-state index in [1.54, 1.807) is 11.3 Å². The Labute approximate surface area is 172 Å². The molecule has 1 fully saturated rings. The number of benzene rings is 1. The summed E-state index contributed by atoms with van der Waals surface area (Å²) in [7, 11) is 0. The number of hydrogen-bond acceptors (Lipinski definition) is 7. The van der Waals surface area contributed by atoms with Crippen LogP contribution >= 0.6 is 23.1 Å². The molecule has 1 saturated heterocycles. The van der Waals surface area contributed by atoms with E-state index >= 15 is 0 Å². The van der Waals surface area contributed by atoms with Crippen LogP contribution in [0.25, 0.3) is 10.7 Å². The van der Waals surface area contributed by atoms with E-state index in [2.05, 4.69) is 44.6 Å². The largest absolute Gasteiger partial charge is 0.370 e. The van der Waals surface area contributed by atoms with Crippen molar-refractivity contribution in [2.75, 3.05) is 29.5 Å². The lowest BCUT2D eigenvalue weighted by Gasteiger charge is -2.28. The summed E-state index contributed by atoms with van der Waals surface area (Å²) in [6.45, 7) is 2.73. The minimum absolute atomic E-state index is 0.0204. The third-order valence-corrected chi connectivity index (χ3v) is 6.39. The first kappa shape index (κ1) is 19.0. The van der Waals surface area contributed by atoms with Gasteiger partial charge in [-0.25, -0.2) is 0 Å².